The smallest absolute Gasteiger partial charge is 0.224 e. The Balaban J connectivity index is 2.49. The summed E-state index contributed by atoms with van der Waals surface area (Å²) in [5, 5.41) is 11.0. The van der Waals surface area contributed by atoms with Crippen molar-refractivity contribution in [2.75, 3.05) is 12.4 Å². The summed E-state index contributed by atoms with van der Waals surface area (Å²) in [6.45, 7) is 1.96. The fourth-order valence-electron chi connectivity index (χ4n) is 1.44. The average Bonchev–Trinajstić information content (AvgIpc) is 2.59. The fraction of sp³-hybridized carbons (Fsp3) is 0.300. The van der Waals surface area contributed by atoms with Gasteiger partial charge in [-0.3, -0.25) is 4.57 Å². The van der Waals surface area contributed by atoms with E-state index in [0.717, 1.165) is 23.2 Å². The van der Waals surface area contributed by atoms with Gasteiger partial charge in [0.1, 0.15) is 5.69 Å². The van der Waals surface area contributed by atoms with Gasteiger partial charge in [-0.1, -0.05) is 6.07 Å². The first-order valence-electron chi connectivity index (χ1n) is 4.73. The second-order valence-corrected chi connectivity index (χ2v) is 3.32. The van der Waals surface area contributed by atoms with E-state index >= 15 is 0 Å². The molecule has 0 aromatic carbocycles. The van der Waals surface area contributed by atoms with E-state index in [0.29, 0.717) is 0 Å². The van der Waals surface area contributed by atoms with Crippen LogP contribution in [0.4, 0.5) is 5.95 Å². The van der Waals surface area contributed by atoms with E-state index in [9.17, 15) is 0 Å². The van der Waals surface area contributed by atoms with Crippen LogP contribution >= 0.6 is 0 Å². The predicted molar refractivity (Wildman–Crippen MR) is 58.5 cm³/mol. The molecule has 0 fully saturated rings. The van der Waals surface area contributed by atoms with E-state index < -0.39 is 0 Å². The van der Waals surface area contributed by atoms with Crippen molar-refractivity contribution >= 4 is 5.95 Å². The molecular weight excluding hydrogens is 190 g/mol. The molecule has 2 aromatic rings. The minimum atomic E-state index is 0.730. The summed E-state index contributed by atoms with van der Waals surface area (Å²) < 4.78 is 1.88. The lowest BCUT2D eigenvalue weighted by Gasteiger charge is -2.02. The number of aromatic nitrogens is 4. The second kappa shape index (κ2) is 3.68. The molecule has 0 saturated carbocycles. The number of aryl methyl sites for hydroxylation is 1. The molecular formula is C10H13N5. The van der Waals surface area contributed by atoms with E-state index in [2.05, 4.69) is 20.5 Å². The molecule has 0 bridgehead atoms. The highest BCUT2D eigenvalue weighted by Gasteiger charge is 2.10. The van der Waals surface area contributed by atoms with Crippen LogP contribution in [0.5, 0.6) is 0 Å². The quantitative estimate of drug-likeness (QED) is 0.797. The summed E-state index contributed by atoms with van der Waals surface area (Å²) >= 11 is 0. The van der Waals surface area contributed by atoms with Crippen molar-refractivity contribution in [1.29, 1.82) is 0 Å². The Bertz CT molecular complexity index is 474. The molecule has 5 heteroatoms. The maximum absolute atomic E-state index is 4.40. The van der Waals surface area contributed by atoms with Gasteiger partial charge in [0.25, 0.3) is 0 Å². The first-order valence-corrected chi connectivity index (χ1v) is 4.73. The number of nitrogens with one attached hydrogen (secondary N) is 1. The maximum atomic E-state index is 4.40. The standard InChI is InChI=1S/C10H13N5/c1-7-5-4-6-8(12-7)9-13-14-10(11-2)15(9)3/h4-6H,1-3H3,(H,11,14). The van der Waals surface area contributed by atoms with Gasteiger partial charge in [0.15, 0.2) is 5.82 Å². The molecule has 5 nitrogen and oxygen atoms in total. The summed E-state index contributed by atoms with van der Waals surface area (Å²) in [5.41, 5.74) is 1.81. The van der Waals surface area contributed by atoms with Crippen LogP contribution in [0.25, 0.3) is 11.5 Å². The van der Waals surface area contributed by atoms with Crippen molar-refractivity contribution in [3.8, 4) is 11.5 Å². The summed E-state index contributed by atoms with van der Waals surface area (Å²) in [7, 11) is 3.72. The van der Waals surface area contributed by atoms with Crippen LogP contribution in [-0.4, -0.2) is 26.8 Å². The highest BCUT2D eigenvalue weighted by molar-refractivity contribution is 5.52. The van der Waals surface area contributed by atoms with Crippen LogP contribution in [-0.2, 0) is 7.05 Å². The van der Waals surface area contributed by atoms with E-state index in [-0.39, 0.29) is 0 Å². The Kier molecular flexibility index (Phi) is 2.37. The first-order chi connectivity index (χ1) is 7.22. The van der Waals surface area contributed by atoms with Gasteiger partial charge in [-0.25, -0.2) is 4.98 Å². The number of pyridine rings is 1. The molecule has 2 rings (SSSR count). The zero-order chi connectivity index (χ0) is 10.8. The number of anilines is 1. The summed E-state index contributed by atoms with van der Waals surface area (Å²) in [5.74, 6) is 1.50. The monoisotopic (exact) mass is 203 g/mol. The van der Waals surface area contributed by atoms with E-state index in [4.69, 9.17) is 0 Å². The minimum absolute atomic E-state index is 0.730. The molecule has 2 heterocycles. The van der Waals surface area contributed by atoms with Crippen LogP contribution < -0.4 is 5.32 Å². The third-order valence-corrected chi connectivity index (χ3v) is 2.22. The molecule has 0 aliphatic carbocycles. The van der Waals surface area contributed by atoms with Crippen LogP contribution in [0.3, 0.4) is 0 Å². The highest BCUT2D eigenvalue weighted by Crippen LogP contribution is 2.16. The third-order valence-electron chi connectivity index (χ3n) is 2.22. The summed E-state index contributed by atoms with van der Waals surface area (Å²) in [6, 6.07) is 5.85. The Labute approximate surface area is 88.2 Å². The zero-order valence-electron chi connectivity index (χ0n) is 9.02. The lowest BCUT2D eigenvalue weighted by atomic mass is 10.3. The number of rotatable bonds is 2. The number of nitrogens with zero attached hydrogens (tertiary/aromatic N) is 4. The Hall–Kier alpha value is -1.91. The fourth-order valence-corrected chi connectivity index (χ4v) is 1.44. The average molecular weight is 203 g/mol. The second-order valence-electron chi connectivity index (χ2n) is 3.32. The van der Waals surface area contributed by atoms with Crippen molar-refractivity contribution in [3.05, 3.63) is 23.9 Å². The van der Waals surface area contributed by atoms with E-state index in [1.807, 2.05) is 43.8 Å². The van der Waals surface area contributed by atoms with Crippen molar-refractivity contribution in [1.82, 2.24) is 19.7 Å². The zero-order valence-corrected chi connectivity index (χ0v) is 9.02. The molecule has 78 valence electrons. The molecule has 0 amide bonds. The van der Waals surface area contributed by atoms with E-state index in [1.54, 1.807) is 0 Å². The Morgan fingerprint density at radius 2 is 2.07 bits per heavy atom. The molecule has 0 saturated heterocycles. The van der Waals surface area contributed by atoms with Gasteiger partial charge in [-0.05, 0) is 19.1 Å². The van der Waals surface area contributed by atoms with Crippen molar-refractivity contribution in [2.24, 2.45) is 7.05 Å². The molecule has 2 aromatic heterocycles. The number of hydrogen-bond donors (Lipinski definition) is 1. The predicted octanol–water partition coefficient (Wildman–Crippen LogP) is 1.23. The molecule has 15 heavy (non-hydrogen) atoms. The largest absolute Gasteiger partial charge is 0.357 e. The van der Waals surface area contributed by atoms with Crippen LogP contribution in [0.15, 0.2) is 18.2 Å². The molecule has 0 aliphatic heterocycles. The van der Waals surface area contributed by atoms with Gasteiger partial charge in [0.2, 0.25) is 5.95 Å². The van der Waals surface area contributed by atoms with Gasteiger partial charge in [-0.2, -0.15) is 0 Å². The van der Waals surface area contributed by atoms with E-state index in [1.165, 1.54) is 0 Å². The third kappa shape index (κ3) is 1.68. The maximum Gasteiger partial charge on any atom is 0.224 e. The van der Waals surface area contributed by atoms with Crippen molar-refractivity contribution in [2.45, 2.75) is 6.92 Å². The highest BCUT2D eigenvalue weighted by atomic mass is 15.3. The molecule has 1 N–H and O–H groups in total. The molecule has 0 radical (unpaired) electrons. The van der Waals surface area contributed by atoms with Gasteiger partial charge < -0.3 is 5.32 Å². The Morgan fingerprint density at radius 3 is 2.67 bits per heavy atom. The summed E-state index contributed by atoms with van der Waals surface area (Å²) in [6.07, 6.45) is 0. The molecule has 0 aliphatic rings. The van der Waals surface area contributed by atoms with Crippen LogP contribution in [0.2, 0.25) is 0 Å². The van der Waals surface area contributed by atoms with Gasteiger partial charge in [0.05, 0.1) is 0 Å². The van der Waals surface area contributed by atoms with Gasteiger partial charge >= 0.3 is 0 Å². The van der Waals surface area contributed by atoms with Crippen molar-refractivity contribution < 1.29 is 0 Å². The van der Waals surface area contributed by atoms with Crippen LogP contribution in [0.1, 0.15) is 5.69 Å². The first kappa shape index (κ1) is 9.64. The van der Waals surface area contributed by atoms with Crippen molar-refractivity contribution in [3.63, 3.8) is 0 Å². The van der Waals surface area contributed by atoms with Gasteiger partial charge in [0, 0.05) is 19.8 Å². The summed E-state index contributed by atoms with van der Waals surface area (Å²) in [4.78, 5) is 4.40. The lowest BCUT2D eigenvalue weighted by molar-refractivity contribution is 0.917. The minimum Gasteiger partial charge on any atom is -0.357 e. The molecule has 0 atom stereocenters. The van der Waals surface area contributed by atoms with Crippen LogP contribution in [0, 0.1) is 6.92 Å². The molecule has 0 unspecified atom stereocenters. The molecule has 0 spiro atoms. The topological polar surface area (TPSA) is 55.6 Å². The number of hydrogen-bond acceptors (Lipinski definition) is 4. The lowest BCUT2D eigenvalue weighted by Crippen LogP contribution is -2.00. The Morgan fingerprint density at radius 1 is 1.27 bits per heavy atom. The van der Waals surface area contributed by atoms with Gasteiger partial charge in [-0.15, -0.1) is 10.2 Å². The SMILES string of the molecule is CNc1nnc(-c2cccc(C)n2)n1C. The normalized spacial score (nSPS) is 10.3.